The number of amides is 2. The molecule has 0 bridgehead atoms. The molecule has 1 aliphatic heterocycles. The van der Waals surface area contributed by atoms with Crippen LogP contribution in [0.4, 0.5) is 15.8 Å². The van der Waals surface area contributed by atoms with Crippen LogP contribution in [0.15, 0.2) is 72.8 Å². The molecule has 0 aliphatic carbocycles. The molecule has 0 spiro atoms. The Labute approximate surface area is 181 Å². The first-order chi connectivity index (χ1) is 14.9. The Kier molecular flexibility index (Phi) is 5.59. The highest BCUT2D eigenvalue weighted by molar-refractivity contribution is 6.07. The van der Waals surface area contributed by atoms with Crippen LogP contribution in [0.25, 0.3) is 0 Å². The number of anilines is 2. The van der Waals surface area contributed by atoms with Gasteiger partial charge in [-0.1, -0.05) is 36.4 Å². The standard InChI is InChI=1S/C26H25FN2O2/c1-17-15-20(13-14-23(17)27)26(31)28-18(2)16-25(22-11-7-8-12-24(22)28)29(19(3)30)21-9-5-4-6-10-21/h4-15,18,25H,16H2,1-3H3/t18-,25+/m0/s1. The monoisotopic (exact) mass is 416 g/mol. The van der Waals surface area contributed by atoms with Gasteiger partial charge in [0.2, 0.25) is 5.91 Å². The van der Waals surface area contributed by atoms with E-state index in [0.29, 0.717) is 17.5 Å². The van der Waals surface area contributed by atoms with Gasteiger partial charge in [0.1, 0.15) is 5.82 Å². The molecule has 0 radical (unpaired) electrons. The second kappa shape index (κ2) is 8.34. The molecule has 3 aromatic carbocycles. The van der Waals surface area contributed by atoms with Crippen molar-refractivity contribution in [1.82, 2.24) is 0 Å². The first-order valence-electron chi connectivity index (χ1n) is 10.4. The summed E-state index contributed by atoms with van der Waals surface area (Å²) in [5.74, 6) is -0.550. The third-order valence-electron chi connectivity index (χ3n) is 5.87. The maximum atomic E-state index is 13.7. The molecule has 4 rings (SSSR count). The molecule has 0 fully saturated rings. The van der Waals surface area contributed by atoms with Crippen LogP contribution >= 0.6 is 0 Å². The van der Waals surface area contributed by atoms with Crippen molar-refractivity contribution < 1.29 is 14.0 Å². The van der Waals surface area contributed by atoms with E-state index in [1.165, 1.54) is 12.1 Å². The lowest BCUT2D eigenvalue weighted by Crippen LogP contribution is -2.47. The van der Waals surface area contributed by atoms with Crippen molar-refractivity contribution in [3.63, 3.8) is 0 Å². The van der Waals surface area contributed by atoms with Crippen molar-refractivity contribution in [3.8, 4) is 0 Å². The van der Waals surface area contributed by atoms with Gasteiger partial charge in [0.05, 0.1) is 6.04 Å². The summed E-state index contributed by atoms with van der Waals surface area (Å²) in [6.07, 6.45) is 0.595. The van der Waals surface area contributed by atoms with Crippen LogP contribution in [0.2, 0.25) is 0 Å². The molecule has 1 aliphatic rings. The SMILES string of the molecule is CC(=O)N(c1ccccc1)[C@@H]1C[C@H](C)N(C(=O)c2ccc(F)c(C)c2)c2ccccc21. The molecule has 3 aromatic rings. The number of rotatable bonds is 3. The number of fused-ring (bicyclic) bond motifs is 1. The van der Waals surface area contributed by atoms with Crippen LogP contribution in [-0.4, -0.2) is 17.9 Å². The molecule has 2 amide bonds. The average molecular weight is 416 g/mol. The topological polar surface area (TPSA) is 40.6 Å². The van der Waals surface area contributed by atoms with Crippen LogP contribution in [0.3, 0.4) is 0 Å². The zero-order valence-corrected chi connectivity index (χ0v) is 17.9. The van der Waals surface area contributed by atoms with Gasteiger partial charge in [0, 0.05) is 29.9 Å². The number of para-hydroxylation sites is 2. The van der Waals surface area contributed by atoms with Gasteiger partial charge in [0.15, 0.2) is 0 Å². The Balaban J connectivity index is 1.78. The highest BCUT2D eigenvalue weighted by Crippen LogP contribution is 2.42. The van der Waals surface area contributed by atoms with E-state index >= 15 is 0 Å². The van der Waals surface area contributed by atoms with Crippen molar-refractivity contribution in [2.45, 2.75) is 39.3 Å². The molecular weight excluding hydrogens is 391 g/mol. The molecule has 0 saturated carbocycles. The summed E-state index contributed by atoms with van der Waals surface area (Å²) in [6.45, 7) is 5.21. The molecule has 31 heavy (non-hydrogen) atoms. The van der Waals surface area contributed by atoms with Gasteiger partial charge < -0.3 is 9.80 Å². The van der Waals surface area contributed by atoms with Crippen molar-refractivity contribution in [3.05, 3.63) is 95.3 Å². The Morgan fingerprint density at radius 1 is 1.00 bits per heavy atom. The van der Waals surface area contributed by atoms with E-state index in [4.69, 9.17) is 0 Å². The first-order valence-corrected chi connectivity index (χ1v) is 10.4. The lowest BCUT2D eigenvalue weighted by Gasteiger charge is -2.43. The number of carbonyl (C=O) groups is 2. The second-order valence-electron chi connectivity index (χ2n) is 8.02. The molecule has 0 unspecified atom stereocenters. The average Bonchev–Trinajstić information content (AvgIpc) is 2.76. The van der Waals surface area contributed by atoms with Crippen LogP contribution in [0.5, 0.6) is 0 Å². The fourth-order valence-corrected chi connectivity index (χ4v) is 4.42. The summed E-state index contributed by atoms with van der Waals surface area (Å²) in [5.41, 5.74) is 3.42. The largest absolute Gasteiger partial charge is 0.305 e. The Morgan fingerprint density at radius 2 is 1.68 bits per heavy atom. The van der Waals surface area contributed by atoms with Gasteiger partial charge in [0.25, 0.3) is 5.91 Å². The first kappa shape index (κ1) is 20.8. The van der Waals surface area contributed by atoms with E-state index in [-0.39, 0.29) is 29.7 Å². The summed E-state index contributed by atoms with van der Waals surface area (Å²) in [5, 5.41) is 0. The van der Waals surface area contributed by atoms with Gasteiger partial charge in [-0.25, -0.2) is 4.39 Å². The molecule has 0 aromatic heterocycles. The van der Waals surface area contributed by atoms with Gasteiger partial charge in [-0.15, -0.1) is 0 Å². The predicted octanol–water partition coefficient (Wildman–Crippen LogP) is 5.67. The summed E-state index contributed by atoms with van der Waals surface area (Å²) < 4.78 is 13.7. The van der Waals surface area contributed by atoms with Crippen LogP contribution in [0.1, 0.15) is 47.8 Å². The van der Waals surface area contributed by atoms with Gasteiger partial charge in [-0.05, 0) is 67.8 Å². The molecular formula is C26H25FN2O2. The summed E-state index contributed by atoms with van der Waals surface area (Å²) in [7, 11) is 0. The highest BCUT2D eigenvalue weighted by atomic mass is 19.1. The molecule has 4 nitrogen and oxygen atoms in total. The smallest absolute Gasteiger partial charge is 0.258 e. The number of benzene rings is 3. The molecule has 1 heterocycles. The number of halogens is 1. The number of nitrogens with zero attached hydrogens (tertiary/aromatic N) is 2. The molecule has 158 valence electrons. The molecule has 2 atom stereocenters. The second-order valence-corrected chi connectivity index (χ2v) is 8.02. The Morgan fingerprint density at radius 3 is 2.35 bits per heavy atom. The van der Waals surface area contributed by atoms with Crippen LogP contribution < -0.4 is 9.80 Å². The molecule has 5 heteroatoms. The van der Waals surface area contributed by atoms with E-state index < -0.39 is 0 Å². The quantitative estimate of drug-likeness (QED) is 0.552. The Hall–Kier alpha value is -3.47. The number of hydrogen-bond donors (Lipinski definition) is 0. The highest BCUT2D eigenvalue weighted by Gasteiger charge is 2.38. The fourth-order valence-electron chi connectivity index (χ4n) is 4.42. The van der Waals surface area contributed by atoms with Gasteiger partial charge in [-0.3, -0.25) is 9.59 Å². The zero-order chi connectivity index (χ0) is 22.1. The maximum Gasteiger partial charge on any atom is 0.258 e. The van der Waals surface area contributed by atoms with Crippen molar-refractivity contribution in [2.24, 2.45) is 0 Å². The number of hydrogen-bond acceptors (Lipinski definition) is 2. The fraction of sp³-hybridized carbons (Fsp3) is 0.231. The minimum absolute atomic E-state index is 0.0489. The van der Waals surface area contributed by atoms with E-state index in [1.807, 2.05) is 61.5 Å². The van der Waals surface area contributed by atoms with Crippen LogP contribution in [0, 0.1) is 12.7 Å². The Bertz CT molecular complexity index is 1130. The third kappa shape index (κ3) is 3.83. The normalized spacial score (nSPS) is 17.7. The summed E-state index contributed by atoms with van der Waals surface area (Å²) in [4.78, 5) is 29.7. The lowest BCUT2D eigenvalue weighted by atomic mass is 9.89. The van der Waals surface area contributed by atoms with E-state index in [1.54, 1.807) is 29.7 Å². The van der Waals surface area contributed by atoms with Crippen molar-refractivity contribution in [1.29, 1.82) is 0 Å². The maximum absolute atomic E-state index is 13.7. The van der Waals surface area contributed by atoms with E-state index in [2.05, 4.69) is 0 Å². The van der Waals surface area contributed by atoms with Crippen molar-refractivity contribution >= 4 is 23.2 Å². The predicted molar refractivity (Wildman–Crippen MR) is 121 cm³/mol. The van der Waals surface area contributed by atoms with Crippen LogP contribution in [-0.2, 0) is 4.79 Å². The van der Waals surface area contributed by atoms with E-state index in [0.717, 1.165) is 16.9 Å². The summed E-state index contributed by atoms with van der Waals surface area (Å²) in [6, 6.07) is 21.4. The van der Waals surface area contributed by atoms with Crippen molar-refractivity contribution in [2.75, 3.05) is 9.80 Å². The molecule has 0 saturated heterocycles. The van der Waals surface area contributed by atoms with E-state index in [9.17, 15) is 14.0 Å². The molecule has 0 N–H and O–H groups in total. The summed E-state index contributed by atoms with van der Waals surface area (Å²) >= 11 is 0. The van der Waals surface area contributed by atoms with Gasteiger partial charge in [-0.2, -0.15) is 0 Å². The lowest BCUT2D eigenvalue weighted by molar-refractivity contribution is -0.117. The third-order valence-corrected chi connectivity index (χ3v) is 5.87. The number of aryl methyl sites for hydroxylation is 1. The minimum atomic E-state index is -0.330. The van der Waals surface area contributed by atoms with Gasteiger partial charge >= 0.3 is 0 Å². The minimum Gasteiger partial charge on any atom is -0.305 e. The number of carbonyl (C=O) groups excluding carboxylic acids is 2. The zero-order valence-electron chi connectivity index (χ0n) is 17.9.